The first-order valence-corrected chi connectivity index (χ1v) is 9.73. The van der Waals surface area contributed by atoms with Gasteiger partial charge in [-0.1, -0.05) is 24.3 Å². The Morgan fingerprint density at radius 1 is 1.17 bits per heavy atom. The molecule has 3 heterocycles. The number of carbonyl (C=O) groups is 1. The van der Waals surface area contributed by atoms with Crippen LogP contribution in [-0.4, -0.2) is 36.1 Å². The van der Waals surface area contributed by atoms with Gasteiger partial charge in [-0.2, -0.15) is 4.52 Å². The quantitative estimate of drug-likeness (QED) is 0.518. The Morgan fingerprint density at radius 2 is 2.00 bits per heavy atom. The number of hydrogen-bond donors (Lipinski definition) is 1. The molecule has 0 saturated carbocycles. The lowest BCUT2D eigenvalue weighted by Crippen LogP contribution is -2.19. The van der Waals surface area contributed by atoms with E-state index < -0.39 is 0 Å². The molecule has 1 N–H and O–H groups in total. The van der Waals surface area contributed by atoms with Crippen LogP contribution >= 0.6 is 11.8 Å². The number of thioether (sulfide) groups is 1. The van der Waals surface area contributed by atoms with Crippen molar-refractivity contribution < 1.29 is 4.79 Å². The summed E-state index contributed by atoms with van der Waals surface area (Å²) in [7, 11) is 0. The van der Waals surface area contributed by atoms with Crippen molar-refractivity contribution >= 4 is 51.3 Å². The molecule has 2 aromatic heterocycles. The summed E-state index contributed by atoms with van der Waals surface area (Å²) in [5.74, 6) is -0.168. The average Bonchev–Trinajstić information content (AvgIpc) is 3.32. The first kappa shape index (κ1) is 17.5. The molecule has 0 unspecified atom stereocenters. The molecule has 0 atom stereocenters. The molecule has 0 aliphatic carbocycles. The lowest BCUT2D eigenvalue weighted by molar-refractivity contribution is -0.115. The van der Waals surface area contributed by atoms with Crippen LogP contribution in [0.3, 0.4) is 0 Å². The second-order valence-corrected chi connectivity index (χ2v) is 7.71. The highest BCUT2D eigenvalue weighted by molar-refractivity contribution is 8.18. The van der Waals surface area contributed by atoms with Gasteiger partial charge in [-0.3, -0.25) is 9.78 Å². The van der Waals surface area contributed by atoms with Crippen molar-refractivity contribution in [2.24, 2.45) is 4.99 Å². The molecular weight excluding hydrogens is 386 g/mol. The van der Waals surface area contributed by atoms with Crippen LogP contribution in [0.2, 0.25) is 0 Å². The molecule has 5 rings (SSSR count). The summed E-state index contributed by atoms with van der Waals surface area (Å²) in [5.41, 5.74) is 5.98. The molecule has 0 radical (unpaired) electrons. The van der Waals surface area contributed by atoms with Gasteiger partial charge in [-0.15, -0.1) is 5.10 Å². The van der Waals surface area contributed by atoms with E-state index in [-0.39, 0.29) is 5.91 Å². The first-order valence-electron chi connectivity index (χ1n) is 8.91. The van der Waals surface area contributed by atoms with Crippen LogP contribution in [0.4, 0.5) is 5.69 Å². The molecule has 4 aromatic rings. The Labute approximate surface area is 169 Å². The van der Waals surface area contributed by atoms with E-state index in [0.717, 1.165) is 33.4 Å². The number of rotatable bonds is 2. The van der Waals surface area contributed by atoms with Crippen LogP contribution in [-0.2, 0) is 4.79 Å². The van der Waals surface area contributed by atoms with Crippen molar-refractivity contribution in [2.75, 3.05) is 0 Å². The lowest BCUT2D eigenvalue weighted by Gasteiger charge is -2.04. The fraction of sp³-hybridized carbons (Fsp3) is 0.100. The Balaban J connectivity index is 1.51. The first-order chi connectivity index (χ1) is 14.1. The van der Waals surface area contributed by atoms with E-state index in [4.69, 9.17) is 0 Å². The zero-order chi connectivity index (χ0) is 20.0. The van der Waals surface area contributed by atoms with Gasteiger partial charge in [-0.25, -0.2) is 4.99 Å². The number of nitrogens with zero attached hydrogens (tertiary/aromatic N) is 6. The summed E-state index contributed by atoms with van der Waals surface area (Å²) in [6.45, 7) is 4.01. The molecule has 29 heavy (non-hydrogen) atoms. The van der Waals surface area contributed by atoms with Crippen molar-refractivity contribution in [3.05, 3.63) is 64.2 Å². The number of carbonyl (C=O) groups excluding carboxylic acids is 1. The van der Waals surface area contributed by atoms with Crippen molar-refractivity contribution in [1.82, 2.24) is 30.3 Å². The van der Waals surface area contributed by atoms with E-state index in [1.165, 1.54) is 11.8 Å². The Morgan fingerprint density at radius 3 is 2.83 bits per heavy atom. The third-order valence-corrected chi connectivity index (χ3v) is 5.55. The highest BCUT2D eigenvalue weighted by atomic mass is 32.2. The highest BCUT2D eigenvalue weighted by Crippen LogP contribution is 2.31. The van der Waals surface area contributed by atoms with Crippen molar-refractivity contribution in [2.45, 2.75) is 13.8 Å². The fourth-order valence-electron chi connectivity index (χ4n) is 3.20. The van der Waals surface area contributed by atoms with Crippen LogP contribution in [0, 0.1) is 13.8 Å². The van der Waals surface area contributed by atoms with Gasteiger partial charge >= 0.3 is 0 Å². The van der Waals surface area contributed by atoms with Crippen LogP contribution in [0.1, 0.15) is 16.7 Å². The number of aromatic nitrogens is 5. The van der Waals surface area contributed by atoms with Gasteiger partial charge in [0.1, 0.15) is 0 Å². The predicted octanol–water partition coefficient (Wildman–Crippen LogP) is 3.18. The molecule has 1 amide bonds. The minimum atomic E-state index is -0.168. The monoisotopic (exact) mass is 401 g/mol. The van der Waals surface area contributed by atoms with Gasteiger partial charge in [0.05, 0.1) is 27.8 Å². The second kappa shape index (κ2) is 6.78. The third-order valence-electron chi connectivity index (χ3n) is 4.64. The number of nitrogens with one attached hydrogen (secondary N) is 1. The SMILES string of the molecule is Cc1cccc(C)c1N=C1NC(=O)/C(=C/c2ccc3ncc4nnnn4c3c2)S1. The number of benzene rings is 2. The van der Waals surface area contributed by atoms with Gasteiger partial charge < -0.3 is 5.32 Å². The van der Waals surface area contributed by atoms with Crippen LogP contribution < -0.4 is 5.32 Å². The van der Waals surface area contributed by atoms with Crippen molar-refractivity contribution in [3.63, 3.8) is 0 Å². The number of tetrazole rings is 1. The summed E-state index contributed by atoms with van der Waals surface area (Å²) >= 11 is 1.32. The van der Waals surface area contributed by atoms with Crippen molar-refractivity contribution in [1.29, 1.82) is 0 Å². The summed E-state index contributed by atoms with van der Waals surface area (Å²) in [5, 5.41) is 15.0. The maximum absolute atomic E-state index is 12.5. The van der Waals surface area contributed by atoms with Gasteiger partial charge in [0.2, 0.25) is 0 Å². The van der Waals surface area contributed by atoms with Crippen LogP contribution in [0.5, 0.6) is 0 Å². The van der Waals surface area contributed by atoms with E-state index in [0.29, 0.717) is 15.7 Å². The number of aliphatic imine (C=N–C) groups is 1. The van der Waals surface area contributed by atoms with Crippen LogP contribution in [0.15, 0.2) is 52.5 Å². The van der Waals surface area contributed by atoms with Gasteiger partial charge in [-0.05, 0) is 70.9 Å². The molecule has 2 aromatic carbocycles. The molecular formula is C20H15N7OS. The number of fused-ring (bicyclic) bond motifs is 3. The second-order valence-electron chi connectivity index (χ2n) is 6.68. The van der Waals surface area contributed by atoms with Gasteiger partial charge in [0, 0.05) is 0 Å². The molecule has 1 aliphatic rings. The van der Waals surface area contributed by atoms with Gasteiger partial charge in [0.15, 0.2) is 10.8 Å². The molecule has 0 bridgehead atoms. The zero-order valence-corrected chi connectivity index (χ0v) is 16.4. The van der Waals surface area contributed by atoms with E-state index in [9.17, 15) is 4.79 Å². The summed E-state index contributed by atoms with van der Waals surface area (Å²) in [6.07, 6.45) is 3.45. The molecule has 1 saturated heterocycles. The van der Waals surface area contributed by atoms with E-state index >= 15 is 0 Å². The minimum absolute atomic E-state index is 0.168. The number of amides is 1. The highest BCUT2D eigenvalue weighted by Gasteiger charge is 2.24. The molecule has 0 spiro atoms. The molecule has 1 fully saturated rings. The summed E-state index contributed by atoms with van der Waals surface area (Å²) in [6, 6.07) is 11.7. The fourth-order valence-corrected chi connectivity index (χ4v) is 4.03. The number of hydrogen-bond acceptors (Lipinski definition) is 7. The number of amidine groups is 1. The average molecular weight is 401 g/mol. The zero-order valence-electron chi connectivity index (χ0n) is 15.6. The smallest absolute Gasteiger partial charge is 0.264 e. The maximum Gasteiger partial charge on any atom is 0.264 e. The van der Waals surface area contributed by atoms with Crippen molar-refractivity contribution in [3.8, 4) is 0 Å². The standard InChI is InChI=1S/C20H15N7OS/c1-11-4-3-5-12(2)18(11)22-20-23-19(28)16(29-20)9-13-6-7-14-15(8-13)27-17(10-21-14)24-25-26-27/h3-10H,1-2H3,(H,22,23,28)/b16-9-. The summed E-state index contributed by atoms with van der Waals surface area (Å²) < 4.78 is 1.63. The lowest BCUT2D eigenvalue weighted by atomic mass is 10.1. The Bertz CT molecular complexity index is 1340. The van der Waals surface area contributed by atoms with Crippen LogP contribution in [0.25, 0.3) is 22.8 Å². The predicted molar refractivity (Wildman–Crippen MR) is 113 cm³/mol. The minimum Gasteiger partial charge on any atom is -0.300 e. The normalized spacial score (nSPS) is 17.0. The van der Waals surface area contributed by atoms with E-state index in [2.05, 4.69) is 30.8 Å². The number of para-hydroxylation sites is 1. The summed E-state index contributed by atoms with van der Waals surface area (Å²) in [4.78, 5) is 22.0. The maximum atomic E-state index is 12.5. The third kappa shape index (κ3) is 3.15. The molecule has 142 valence electrons. The molecule has 9 heteroatoms. The molecule has 8 nitrogen and oxygen atoms in total. The van der Waals surface area contributed by atoms with E-state index in [1.807, 2.05) is 56.3 Å². The van der Waals surface area contributed by atoms with E-state index in [1.54, 1.807) is 10.7 Å². The number of aryl methyl sites for hydroxylation is 2. The largest absolute Gasteiger partial charge is 0.300 e. The topological polar surface area (TPSA) is 97.4 Å². The molecule has 1 aliphatic heterocycles. The Hall–Kier alpha value is -3.59. The van der Waals surface area contributed by atoms with Gasteiger partial charge in [0.25, 0.3) is 5.91 Å². The Kier molecular flexibility index (Phi) is 4.09.